The molecule has 166 valence electrons. The summed E-state index contributed by atoms with van der Waals surface area (Å²) in [7, 11) is 2.11. The van der Waals surface area contributed by atoms with Gasteiger partial charge in [-0.2, -0.15) is 0 Å². The smallest absolute Gasteiger partial charge is 0.227 e. The number of hydrogen-bond donors (Lipinski definition) is 0. The van der Waals surface area contributed by atoms with Gasteiger partial charge in [0, 0.05) is 28.1 Å². The highest BCUT2D eigenvalue weighted by Gasteiger charge is 2.22. The largest absolute Gasteiger partial charge is 0.437 e. The van der Waals surface area contributed by atoms with E-state index in [0.29, 0.717) is 17.5 Å². The molecule has 0 bridgehead atoms. The predicted octanol–water partition coefficient (Wildman–Crippen LogP) is 7.69. The highest BCUT2D eigenvalue weighted by Crippen LogP contribution is 2.37. The van der Waals surface area contributed by atoms with E-state index in [-0.39, 0.29) is 0 Å². The molecule has 0 aliphatic carbocycles. The van der Waals surface area contributed by atoms with Gasteiger partial charge in [-0.1, -0.05) is 64.1 Å². The average molecular weight is 436 g/mol. The fraction of sp³-hybridized carbons (Fsp3) is 0.267. The van der Waals surface area contributed by atoms with E-state index in [4.69, 9.17) is 9.40 Å². The lowest BCUT2D eigenvalue weighted by Gasteiger charge is -2.09. The molecule has 3 heterocycles. The minimum absolute atomic E-state index is 0.364. The van der Waals surface area contributed by atoms with E-state index in [1.807, 2.05) is 0 Å². The van der Waals surface area contributed by atoms with Crippen molar-refractivity contribution in [3.8, 4) is 22.4 Å². The van der Waals surface area contributed by atoms with Crippen molar-refractivity contribution < 1.29 is 8.98 Å². The zero-order valence-corrected chi connectivity index (χ0v) is 20.3. The van der Waals surface area contributed by atoms with Gasteiger partial charge in [0.15, 0.2) is 11.8 Å². The van der Waals surface area contributed by atoms with Gasteiger partial charge in [0.2, 0.25) is 11.4 Å². The maximum atomic E-state index is 6.40. The average Bonchev–Trinajstić information content (AvgIpc) is 3.17. The van der Waals surface area contributed by atoms with Gasteiger partial charge in [0.25, 0.3) is 0 Å². The Kier molecular flexibility index (Phi) is 5.28. The molecule has 5 rings (SSSR count). The second-order valence-electron chi connectivity index (χ2n) is 9.67. The topological polar surface area (TPSA) is 29.9 Å². The summed E-state index contributed by atoms with van der Waals surface area (Å²) in [6, 6.07) is 21.8. The summed E-state index contributed by atoms with van der Waals surface area (Å²) in [4.78, 5) is 4.80. The first-order valence-electron chi connectivity index (χ1n) is 11.8. The van der Waals surface area contributed by atoms with Crippen molar-refractivity contribution in [1.82, 2.24) is 4.98 Å². The maximum absolute atomic E-state index is 6.40. The Labute approximate surface area is 195 Å². The third kappa shape index (κ3) is 3.72. The van der Waals surface area contributed by atoms with Crippen LogP contribution in [0.1, 0.15) is 56.4 Å². The van der Waals surface area contributed by atoms with Gasteiger partial charge >= 0.3 is 0 Å². The molecule has 0 unspecified atom stereocenters. The third-order valence-electron chi connectivity index (χ3n) is 6.60. The van der Waals surface area contributed by atoms with Crippen LogP contribution in [-0.2, 0) is 7.05 Å². The SMILES string of the molecule is Cc1ccc2c(oc3nc(C(C)C)ccc32)c1-c1ccc(-c2cccc(C(C)C)c2)c[n+]1C. The zero-order chi connectivity index (χ0) is 23.3. The predicted molar refractivity (Wildman–Crippen MR) is 136 cm³/mol. The second-order valence-corrected chi connectivity index (χ2v) is 9.67. The number of nitrogens with zero attached hydrogens (tertiary/aromatic N) is 2. The van der Waals surface area contributed by atoms with Gasteiger partial charge in [-0.3, -0.25) is 0 Å². The van der Waals surface area contributed by atoms with Gasteiger partial charge in [-0.15, -0.1) is 0 Å². The molecule has 3 nitrogen and oxygen atoms in total. The lowest BCUT2D eigenvalue weighted by molar-refractivity contribution is -0.659. The van der Waals surface area contributed by atoms with Crippen molar-refractivity contribution in [1.29, 1.82) is 0 Å². The molecule has 0 N–H and O–H groups in total. The molecule has 0 aliphatic rings. The Balaban J connectivity index is 1.66. The number of hydrogen-bond acceptors (Lipinski definition) is 2. The lowest BCUT2D eigenvalue weighted by atomic mass is 9.97. The summed E-state index contributed by atoms with van der Waals surface area (Å²) in [6.45, 7) is 10.9. The Hall–Kier alpha value is -3.46. The maximum Gasteiger partial charge on any atom is 0.227 e. The first-order valence-corrected chi connectivity index (χ1v) is 11.8. The molecule has 33 heavy (non-hydrogen) atoms. The molecule has 3 heteroatoms. The van der Waals surface area contributed by atoms with Crippen molar-refractivity contribution in [2.75, 3.05) is 0 Å². The van der Waals surface area contributed by atoms with Crippen molar-refractivity contribution in [3.05, 3.63) is 83.7 Å². The number of furan rings is 1. The summed E-state index contributed by atoms with van der Waals surface area (Å²) >= 11 is 0. The van der Waals surface area contributed by atoms with E-state index >= 15 is 0 Å². The molecule has 3 aromatic heterocycles. The highest BCUT2D eigenvalue weighted by molar-refractivity contribution is 6.08. The van der Waals surface area contributed by atoms with Crippen LogP contribution in [-0.4, -0.2) is 4.98 Å². The fourth-order valence-electron chi connectivity index (χ4n) is 4.59. The van der Waals surface area contributed by atoms with Crippen LogP contribution in [0.15, 0.2) is 71.3 Å². The van der Waals surface area contributed by atoms with Crippen molar-refractivity contribution >= 4 is 22.1 Å². The monoisotopic (exact) mass is 435 g/mol. The van der Waals surface area contributed by atoms with E-state index < -0.39 is 0 Å². The number of rotatable bonds is 4. The molecule has 0 saturated heterocycles. The van der Waals surface area contributed by atoms with E-state index in [1.54, 1.807) is 0 Å². The molecule has 5 aromatic rings. The number of benzene rings is 2. The molecule has 0 fully saturated rings. The Morgan fingerprint density at radius 1 is 0.818 bits per heavy atom. The van der Waals surface area contributed by atoms with Crippen LogP contribution >= 0.6 is 0 Å². The fourth-order valence-corrected chi connectivity index (χ4v) is 4.59. The van der Waals surface area contributed by atoms with Crippen LogP contribution in [0.25, 0.3) is 44.5 Å². The van der Waals surface area contributed by atoms with E-state index in [9.17, 15) is 0 Å². The minimum Gasteiger partial charge on any atom is -0.437 e. The molecule has 0 atom stereocenters. The van der Waals surface area contributed by atoms with E-state index in [2.05, 4.69) is 113 Å². The lowest BCUT2D eigenvalue weighted by Crippen LogP contribution is -2.31. The van der Waals surface area contributed by atoms with Gasteiger partial charge in [-0.05, 0) is 53.6 Å². The Morgan fingerprint density at radius 2 is 1.61 bits per heavy atom. The summed E-state index contributed by atoms with van der Waals surface area (Å²) < 4.78 is 8.60. The molecule has 2 aromatic carbocycles. The molecular weight excluding hydrogens is 404 g/mol. The van der Waals surface area contributed by atoms with Gasteiger partial charge in [-0.25, -0.2) is 9.55 Å². The standard InChI is InChI=1S/C30H31N2O/c1-18(2)21-8-7-9-22(16-21)23-11-15-27(32(6)17-23)28-20(5)10-12-24-25-13-14-26(19(3)4)31-30(25)33-29(24)28/h7-19H,1-6H3/q+1. The van der Waals surface area contributed by atoms with Gasteiger partial charge in [0.05, 0.1) is 5.56 Å². The third-order valence-corrected chi connectivity index (χ3v) is 6.60. The zero-order valence-electron chi connectivity index (χ0n) is 20.3. The normalized spacial score (nSPS) is 11.9. The van der Waals surface area contributed by atoms with E-state index in [1.165, 1.54) is 22.3 Å². The summed E-state index contributed by atoms with van der Waals surface area (Å²) in [5.41, 5.74) is 9.93. The number of pyridine rings is 2. The van der Waals surface area contributed by atoms with E-state index in [0.717, 1.165) is 33.3 Å². The molecule has 0 radical (unpaired) electrons. The molecular formula is C30H31N2O+. The van der Waals surface area contributed by atoms with Crippen LogP contribution in [0.2, 0.25) is 0 Å². The Morgan fingerprint density at radius 3 is 2.33 bits per heavy atom. The first-order chi connectivity index (χ1) is 15.8. The van der Waals surface area contributed by atoms with Crippen LogP contribution in [0, 0.1) is 6.92 Å². The summed E-state index contributed by atoms with van der Waals surface area (Å²) in [5.74, 6) is 0.875. The number of fused-ring (bicyclic) bond motifs is 3. The number of aromatic nitrogens is 2. The van der Waals surface area contributed by atoms with Crippen molar-refractivity contribution in [2.45, 2.75) is 46.5 Å². The van der Waals surface area contributed by atoms with Crippen LogP contribution < -0.4 is 4.57 Å². The quantitative estimate of drug-likeness (QED) is 0.271. The first kappa shape index (κ1) is 21.4. The van der Waals surface area contributed by atoms with Crippen LogP contribution in [0.3, 0.4) is 0 Å². The molecule has 0 amide bonds. The summed E-state index contributed by atoms with van der Waals surface area (Å²) in [6.07, 6.45) is 2.21. The van der Waals surface area contributed by atoms with Crippen molar-refractivity contribution in [2.24, 2.45) is 7.05 Å². The van der Waals surface area contributed by atoms with Gasteiger partial charge in [0.1, 0.15) is 7.05 Å². The molecule has 0 spiro atoms. The second kappa shape index (κ2) is 8.15. The summed E-state index contributed by atoms with van der Waals surface area (Å²) in [5, 5.41) is 2.18. The Bertz CT molecular complexity index is 1490. The minimum atomic E-state index is 0.364. The van der Waals surface area contributed by atoms with Gasteiger partial charge < -0.3 is 4.42 Å². The van der Waals surface area contributed by atoms with Crippen LogP contribution in [0.5, 0.6) is 0 Å². The number of aryl methyl sites for hydroxylation is 2. The molecule has 0 saturated carbocycles. The van der Waals surface area contributed by atoms with Crippen molar-refractivity contribution in [3.63, 3.8) is 0 Å². The highest BCUT2D eigenvalue weighted by atomic mass is 16.3. The van der Waals surface area contributed by atoms with Crippen LogP contribution in [0.4, 0.5) is 0 Å². The molecule has 0 aliphatic heterocycles.